The van der Waals surface area contributed by atoms with Crippen molar-refractivity contribution in [2.24, 2.45) is 11.8 Å². The van der Waals surface area contributed by atoms with Crippen molar-refractivity contribution in [3.05, 3.63) is 128 Å². The molecular weight excluding hydrogens is 1070 g/mol. The van der Waals surface area contributed by atoms with Crippen LogP contribution in [0.4, 0.5) is 4.79 Å². The lowest BCUT2D eigenvalue weighted by Gasteiger charge is -2.39. The highest BCUT2D eigenvalue weighted by molar-refractivity contribution is 5.90. The summed E-state index contributed by atoms with van der Waals surface area (Å²) in [7, 11) is 4.54. The summed E-state index contributed by atoms with van der Waals surface area (Å²) < 4.78 is 57.7. The molecular formula is C62H62N4O17. The van der Waals surface area contributed by atoms with Crippen LogP contribution in [0.3, 0.4) is 0 Å². The van der Waals surface area contributed by atoms with Crippen molar-refractivity contribution in [1.29, 1.82) is 0 Å². The number of hydrogen-bond donors (Lipinski definition) is 1. The number of piperidine rings is 2. The first-order valence-corrected chi connectivity index (χ1v) is 28.0. The maximum Gasteiger partial charge on any atom is 0.415 e. The maximum absolute atomic E-state index is 13.4. The molecule has 8 heterocycles. The van der Waals surface area contributed by atoms with Crippen LogP contribution in [0.25, 0.3) is 22.3 Å². The largest absolute Gasteiger partial charge is 0.493 e. The van der Waals surface area contributed by atoms with E-state index >= 15 is 0 Å². The number of pyridine rings is 2. The standard InChI is InChI=1S/C31H34N4O5.C31H28O12/c1-2-23-24-16-27-28-20(17-35(27)29(36)25(24)18-39-30(23)37)14-19-15-22(6-7-26(19)32-28)40-31(38)34-12-8-21(9-13-34)33-10-4-3-5-11-33;1-36-23-8-16(9-24(37-2)29(23)38-3)26-18-10-21-22(42-14-41-21)11-19(18)28(20-12-40-31(35)27(20)26)43-30(34)15-4-6-17(7-5-15)39-13-25(32)33/h6-7,14-16,21,23H,2-5,8-13,17-18H2,1H3;4-11,20,26-28H,12-14H2,1-3H3,(H,32,33)/t;20?,26-,27?,28+/m.1/s1. The van der Waals surface area contributed by atoms with Crippen molar-refractivity contribution in [2.45, 2.75) is 82.6 Å². The number of carbonyl (C=O) groups excluding carboxylic acids is 4. The monoisotopic (exact) mass is 1130 g/mol. The predicted molar refractivity (Wildman–Crippen MR) is 296 cm³/mol. The number of aromatic nitrogens is 2. The quantitative estimate of drug-likeness (QED) is 0.0896. The number of cyclic esters (lactones) is 2. The van der Waals surface area contributed by atoms with Gasteiger partial charge >= 0.3 is 30.0 Å². The molecule has 21 heteroatoms. The summed E-state index contributed by atoms with van der Waals surface area (Å²) in [4.78, 5) is 85.5. The number of rotatable bonds is 12. The Bertz CT molecular complexity index is 3600. The highest BCUT2D eigenvalue weighted by Gasteiger charge is 2.54. The number of likely N-dealkylation sites (tertiary alicyclic amines) is 2. The molecule has 432 valence electrons. The molecule has 4 aromatic carbocycles. The van der Waals surface area contributed by atoms with Gasteiger partial charge in [0.2, 0.25) is 12.5 Å². The third-order valence-corrected chi connectivity index (χ3v) is 17.0. The number of carbonyl (C=O) groups is 5. The Balaban J connectivity index is 0.000000164. The summed E-state index contributed by atoms with van der Waals surface area (Å²) in [6.07, 6.45) is 5.29. The van der Waals surface area contributed by atoms with Crippen molar-refractivity contribution < 1.29 is 76.4 Å². The van der Waals surface area contributed by atoms with Crippen molar-refractivity contribution in [3.63, 3.8) is 0 Å². The summed E-state index contributed by atoms with van der Waals surface area (Å²) in [5, 5.41) is 9.68. The van der Waals surface area contributed by atoms with Gasteiger partial charge in [0.25, 0.3) is 5.56 Å². The van der Waals surface area contributed by atoms with E-state index in [1.165, 1.54) is 77.9 Å². The van der Waals surface area contributed by atoms with Crippen molar-refractivity contribution >= 4 is 40.9 Å². The van der Waals surface area contributed by atoms with Crippen LogP contribution in [0.15, 0.2) is 83.7 Å². The molecule has 0 bridgehead atoms. The molecule has 7 aliphatic rings. The molecule has 1 amide bonds. The summed E-state index contributed by atoms with van der Waals surface area (Å²) in [5.74, 6) is -1.62. The number of hydrogen-bond acceptors (Lipinski definition) is 18. The molecule has 1 aliphatic carbocycles. The molecule has 5 atom stereocenters. The van der Waals surface area contributed by atoms with Crippen molar-refractivity contribution in [1.82, 2.24) is 19.4 Å². The number of ether oxygens (including phenoxy) is 10. The Labute approximate surface area is 476 Å². The Morgan fingerprint density at radius 2 is 1.46 bits per heavy atom. The van der Waals surface area contributed by atoms with Gasteiger partial charge in [-0.25, -0.2) is 19.4 Å². The second-order valence-corrected chi connectivity index (χ2v) is 21.6. The number of aliphatic carboxylic acids is 1. The average Bonchev–Trinajstić information content (AvgIpc) is 4.40. The zero-order valence-electron chi connectivity index (χ0n) is 46.3. The Hall–Kier alpha value is -8.85. The molecule has 13 rings (SSSR count). The molecule has 0 saturated carbocycles. The predicted octanol–water partition coefficient (Wildman–Crippen LogP) is 8.16. The zero-order chi connectivity index (χ0) is 57.6. The first-order chi connectivity index (χ1) is 40.3. The number of fused-ring (bicyclic) bond motifs is 8. The van der Waals surface area contributed by atoms with Gasteiger partial charge in [-0.05, 0) is 141 Å². The summed E-state index contributed by atoms with van der Waals surface area (Å²) >= 11 is 0. The Kier molecular flexibility index (Phi) is 15.1. The van der Waals surface area contributed by atoms with Crippen LogP contribution in [0.1, 0.15) is 107 Å². The van der Waals surface area contributed by atoms with E-state index in [9.17, 15) is 28.8 Å². The summed E-state index contributed by atoms with van der Waals surface area (Å²) in [6, 6.07) is 23.1. The normalized spacial score (nSPS) is 21.2. The van der Waals surface area contributed by atoms with Crippen LogP contribution in [-0.4, -0.2) is 128 Å². The number of benzene rings is 4. The molecule has 83 heavy (non-hydrogen) atoms. The van der Waals surface area contributed by atoms with Crippen LogP contribution in [-0.2, 0) is 41.7 Å². The van der Waals surface area contributed by atoms with Crippen LogP contribution >= 0.6 is 0 Å². The second kappa shape index (κ2) is 22.8. The molecule has 3 saturated heterocycles. The van der Waals surface area contributed by atoms with E-state index in [0.717, 1.165) is 59.3 Å². The minimum absolute atomic E-state index is 0.0141. The summed E-state index contributed by atoms with van der Waals surface area (Å²) in [6.45, 7) is 5.70. The van der Waals surface area contributed by atoms with Gasteiger partial charge in [0.15, 0.2) is 29.6 Å². The minimum atomic E-state index is -1.12. The second-order valence-electron chi connectivity index (χ2n) is 21.6. The number of carboxylic acids is 1. The fourth-order valence-corrected chi connectivity index (χ4v) is 12.9. The van der Waals surface area contributed by atoms with E-state index in [1.54, 1.807) is 28.8 Å². The molecule has 0 radical (unpaired) electrons. The van der Waals surface area contributed by atoms with Crippen LogP contribution in [0.5, 0.6) is 40.2 Å². The van der Waals surface area contributed by atoms with E-state index < -0.39 is 54.3 Å². The molecule has 21 nitrogen and oxygen atoms in total. The number of nitrogens with zero attached hydrogens (tertiary/aromatic N) is 4. The summed E-state index contributed by atoms with van der Waals surface area (Å²) in [5.41, 5.74) is 6.64. The molecule has 2 aromatic heterocycles. The SMILES string of the molecule is CCC1C(=O)OCc2c1cc1n(c2=O)Cc2cc3cc(OC(=O)N4CCC(N5CCCCC5)CC4)ccc3nc2-1.COc1cc([C@@H]2c3cc4c(cc3[C@H](OC(=O)c3ccc(OCC(=O)O)cc3)C3COC(=O)C32)OCO4)cc(OC)c1OC. The van der Waals surface area contributed by atoms with E-state index in [2.05, 4.69) is 4.90 Å². The maximum atomic E-state index is 13.4. The molecule has 3 unspecified atom stereocenters. The number of carboxylic acid groups (broad SMARTS) is 1. The van der Waals surface area contributed by atoms with Gasteiger partial charge in [-0.1, -0.05) is 13.3 Å². The van der Waals surface area contributed by atoms with E-state index in [1.807, 2.05) is 42.2 Å². The highest BCUT2D eigenvalue weighted by atomic mass is 16.7. The third kappa shape index (κ3) is 10.4. The Morgan fingerprint density at radius 1 is 0.747 bits per heavy atom. The lowest BCUT2D eigenvalue weighted by Crippen LogP contribution is -2.48. The fourth-order valence-electron chi connectivity index (χ4n) is 12.9. The zero-order valence-corrected chi connectivity index (χ0v) is 46.3. The first kappa shape index (κ1) is 54.7. The van der Waals surface area contributed by atoms with Gasteiger partial charge in [0.05, 0.1) is 74.3 Å². The van der Waals surface area contributed by atoms with Gasteiger partial charge in [0, 0.05) is 47.5 Å². The minimum Gasteiger partial charge on any atom is -0.493 e. The molecule has 6 aromatic rings. The van der Waals surface area contributed by atoms with E-state index in [4.69, 9.17) is 57.5 Å². The first-order valence-electron chi connectivity index (χ1n) is 28.0. The van der Waals surface area contributed by atoms with Gasteiger partial charge < -0.3 is 66.8 Å². The van der Waals surface area contributed by atoms with Gasteiger partial charge in [-0.15, -0.1) is 0 Å². The molecule has 1 N–H and O–H groups in total. The number of amides is 1. The lowest BCUT2D eigenvalue weighted by molar-refractivity contribution is -0.148. The van der Waals surface area contributed by atoms with Crippen LogP contribution < -0.4 is 38.7 Å². The average molecular weight is 1140 g/mol. The van der Waals surface area contributed by atoms with Crippen LogP contribution in [0.2, 0.25) is 0 Å². The van der Waals surface area contributed by atoms with Gasteiger partial charge in [-0.2, -0.15) is 0 Å². The van der Waals surface area contributed by atoms with Crippen LogP contribution in [0, 0.1) is 11.8 Å². The van der Waals surface area contributed by atoms with E-state index in [0.29, 0.717) is 75.8 Å². The molecule has 0 spiro atoms. The van der Waals surface area contributed by atoms with Gasteiger partial charge in [-0.3, -0.25) is 14.4 Å². The topological polar surface area (TPSA) is 239 Å². The fraction of sp³-hybridized carbons (Fsp3) is 0.403. The van der Waals surface area contributed by atoms with Crippen molar-refractivity contribution in [2.75, 3.05) is 67.5 Å². The van der Waals surface area contributed by atoms with E-state index in [-0.39, 0.29) is 48.9 Å². The third-order valence-electron chi connectivity index (χ3n) is 17.0. The molecule has 6 aliphatic heterocycles. The smallest absolute Gasteiger partial charge is 0.415 e. The highest BCUT2D eigenvalue weighted by Crippen LogP contribution is 2.57. The van der Waals surface area contributed by atoms with Gasteiger partial charge in [0.1, 0.15) is 24.2 Å². The Morgan fingerprint density at radius 3 is 2.14 bits per heavy atom. The number of methoxy groups -OCH3 is 3. The molecule has 3 fully saturated rings. The lowest BCUT2D eigenvalue weighted by atomic mass is 9.66. The number of esters is 3. The van der Waals surface area contributed by atoms with Crippen molar-refractivity contribution in [3.8, 4) is 51.6 Å².